The lowest BCUT2D eigenvalue weighted by molar-refractivity contribution is 0.144. The smallest absolute Gasteiger partial charge is 0.243 e. The molecule has 5 nitrogen and oxygen atoms in total. The monoisotopic (exact) mass is 311 g/mol. The van der Waals surface area contributed by atoms with Gasteiger partial charge < -0.3 is 10.2 Å². The van der Waals surface area contributed by atoms with Crippen LogP contribution in [0.2, 0.25) is 0 Å². The third-order valence-corrected chi connectivity index (χ3v) is 6.03. The van der Waals surface area contributed by atoms with Gasteiger partial charge in [0.05, 0.1) is 4.90 Å². The summed E-state index contributed by atoms with van der Waals surface area (Å²) in [5.74, 6) is 0. The first kappa shape index (κ1) is 16.4. The highest BCUT2D eigenvalue weighted by atomic mass is 32.2. The van der Waals surface area contributed by atoms with Crippen molar-refractivity contribution in [2.45, 2.75) is 30.8 Å². The SMILES string of the molecule is CCC1CN(S(=O)(=O)c2ccc(CNC)cc2)CCN1C. The van der Waals surface area contributed by atoms with Gasteiger partial charge in [-0.2, -0.15) is 4.31 Å². The molecule has 1 heterocycles. The summed E-state index contributed by atoms with van der Waals surface area (Å²) < 4.78 is 27.1. The molecule has 0 radical (unpaired) electrons. The minimum absolute atomic E-state index is 0.303. The summed E-state index contributed by atoms with van der Waals surface area (Å²) in [6.45, 7) is 4.77. The minimum Gasteiger partial charge on any atom is -0.316 e. The van der Waals surface area contributed by atoms with Gasteiger partial charge in [0.25, 0.3) is 0 Å². The first-order chi connectivity index (χ1) is 9.98. The summed E-state index contributed by atoms with van der Waals surface area (Å²) in [5.41, 5.74) is 1.08. The maximum Gasteiger partial charge on any atom is 0.243 e. The van der Waals surface area contributed by atoms with Gasteiger partial charge >= 0.3 is 0 Å². The molecule has 1 unspecified atom stereocenters. The minimum atomic E-state index is -3.37. The van der Waals surface area contributed by atoms with Gasteiger partial charge in [0, 0.05) is 32.2 Å². The lowest BCUT2D eigenvalue weighted by Gasteiger charge is -2.38. The number of hydrogen-bond donors (Lipinski definition) is 1. The van der Waals surface area contributed by atoms with Crippen LogP contribution in [0, 0.1) is 0 Å². The molecule has 6 heteroatoms. The zero-order valence-electron chi connectivity index (χ0n) is 13.0. The molecule has 1 atom stereocenters. The molecular weight excluding hydrogens is 286 g/mol. The molecule has 1 fully saturated rings. The Bertz CT molecular complexity index is 557. The van der Waals surface area contributed by atoms with Gasteiger partial charge in [0.1, 0.15) is 0 Å². The first-order valence-corrected chi connectivity index (χ1v) is 8.87. The van der Waals surface area contributed by atoms with Gasteiger partial charge in [-0.15, -0.1) is 0 Å². The van der Waals surface area contributed by atoms with Gasteiger partial charge in [0.15, 0.2) is 0 Å². The molecule has 1 aliphatic heterocycles. The second kappa shape index (κ2) is 6.87. The summed E-state index contributed by atoms with van der Waals surface area (Å²) in [5, 5.41) is 3.06. The van der Waals surface area contributed by atoms with Crippen LogP contribution in [0.25, 0.3) is 0 Å². The molecule has 1 N–H and O–H groups in total. The third-order valence-electron chi connectivity index (χ3n) is 4.15. The van der Waals surface area contributed by atoms with E-state index in [1.165, 1.54) is 0 Å². The van der Waals surface area contributed by atoms with Crippen molar-refractivity contribution in [2.75, 3.05) is 33.7 Å². The molecule has 0 saturated carbocycles. The van der Waals surface area contributed by atoms with E-state index in [4.69, 9.17) is 0 Å². The Kier molecular flexibility index (Phi) is 5.37. The molecule has 2 rings (SSSR count). The van der Waals surface area contributed by atoms with Crippen LogP contribution in [0.15, 0.2) is 29.2 Å². The van der Waals surface area contributed by atoms with E-state index in [9.17, 15) is 8.42 Å². The Labute approximate surface area is 128 Å². The fraction of sp³-hybridized carbons (Fsp3) is 0.600. The highest BCUT2D eigenvalue weighted by molar-refractivity contribution is 7.89. The molecule has 1 aliphatic rings. The molecule has 0 amide bonds. The molecule has 118 valence electrons. The Morgan fingerprint density at radius 1 is 1.24 bits per heavy atom. The van der Waals surface area contributed by atoms with E-state index in [0.717, 1.165) is 25.1 Å². The second-order valence-corrected chi connectivity index (χ2v) is 7.52. The highest BCUT2D eigenvalue weighted by Gasteiger charge is 2.31. The maximum absolute atomic E-state index is 12.7. The van der Waals surface area contributed by atoms with Crippen LogP contribution in [0.3, 0.4) is 0 Å². The summed E-state index contributed by atoms with van der Waals surface area (Å²) in [4.78, 5) is 2.63. The van der Waals surface area contributed by atoms with Crippen molar-refractivity contribution >= 4 is 10.0 Å². The van der Waals surface area contributed by atoms with Crippen LogP contribution < -0.4 is 5.32 Å². The Hall–Kier alpha value is -0.950. The summed E-state index contributed by atoms with van der Waals surface area (Å²) in [6, 6.07) is 7.47. The molecule has 1 aromatic carbocycles. The standard InChI is InChI=1S/C15H25N3O2S/c1-4-14-12-18(10-9-17(14)3)21(19,20)15-7-5-13(6-8-15)11-16-2/h5-8,14,16H,4,9-12H2,1-3H3. The van der Waals surface area contributed by atoms with E-state index >= 15 is 0 Å². The zero-order valence-corrected chi connectivity index (χ0v) is 13.9. The van der Waals surface area contributed by atoms with E-state index in [-0.39, 0.29) is 0 Å². The summed E-state index contributed by atoms with van der Waals surface area (Å²) in [6.07, 6.45) is 0.962. The molecule has 1 saturated heterocycles. The first-order valence-electron chi connectivity index (χ1n) is 7.43. The summed E-state index contributed by atoms with van der Waals surface area (Å²) >= 11 is 0. The van der Waals surface area contributed by atoms with Crippen LogP contribution >= 0.6 is 0 Å². The fourth-order valence-electron chi connectivity index (χ4n) is 2.71. The normalized spacial score (nSPS) is 21.6. The lowest BCUT2D eigenvalue weighted by Crippen LogP contribution is -2.52. The molecule has 0 aromatic heterocycles. The van der Waals surface area contributed by atoms with Crippen molar-refractivity contribution in [1.29, 1.82) is 0 Å². The zero-order chi connectivity index (χ0) is 15.5. The van der Waals surface area contributed by atoms with Gasteiger partial charge in [-0.1, -0.05) is 19.1 Å². The largest absolute Gasteiger partial charge is 0.316 e. The quantitative estimate of drug-likeness (QED) is 0.885. The van der Waals surface area contributed by atoms with Crippen molar-refractivity contribution in [1.82, 2.24) is 14.5 Å². The van der Waals surface area contributed by atoms with E-state index < -0.39 is 10.0 Å². The Morgan fingerprint density at radius 2 is 1.90 bits per heavy atom. The molecule has 0 bridgehead atoms. The van der Waals surface area contributed by atoms with E-state index in [0.29, 0.717) is 24.0 Å². The van der Waals surface area contributed by atoms with E-state index in [1.54, 1.807) is 16.4 Å². The number of rotatable bonds is 5. The van der Waals surface area contributed by atoms with Crippen LogP contribution in [0.5, 0.6) is 0 Å². The average Bonchev–Trinajstić information content (AvgIpc) is 2.48. The predicted octanol–water partition coefficient (Wildman–Crippen LogP) is 1.12. The number of piperazine rings is 1. The fourth-order valence-corrected chi connectivity index (χ4v) is 4.18. The van der Waals surface area contributed by atoms with Gasteiger partial charge in [-0.3, -0.25) is 0 Å². The highest BCUT2D eigenvalue weighted by Crippen LogP contribution is 2.21. The summed E-state index contributed by atoms with van der Waals surface area (Å²) in [7, 11) is 0.561. The van der Waals surface area contributed by atoms with Gasteiger partial charge in [-0.25, -0.2) is 8.42 Å². The van der Waals surface area contributed by atoms with Gasteiger partial charge in [0.2, 0.25) is 10.0 Å². The molecule has 0 aliphatic carbocycles. The maximum atomic E-state index is 12.7. The third kappa shape index (κ3) is 3.63. The topological polar surface area (TPSA) is 52.7 Å². The van der Waals surface area contributed by atoms with Crippen LogP contribution in [0.1, 0.15) is 18.9 Å². The number of likely N-dealkylation sites (N-methyl/N-ethyl adjacent to an activating group) is 1. The molecule has 21 heavy (non-hydrogen) atoms. The molecule has 0 spiro atoms. The van der Waals surface area contributed by atoms with Crippen LogP contribution in [-0.4, -0.2) is 57.4 Å². The second-order valence-electron chi connectivity index (χ2n) is 5.58. The van der Waals surface area contributed by atoms with Crippen molar-refractivity contribution in [3.63, 3.8) is 0 Å². The van der Waals surface area contributed by atoms with Gasteiger partial charge in [-0.05, 0) is 38.2 Å². The average molecular weight is 311 g/mol. The molecule has 1 aromatic rings. The number of benzene rings is 1. The number of sulfonamides is 1. The molecular formula is C15H25N3O2S. The predicted molar refractivity (Wildman–Crippen MR) is 84.7 cm³/mol. The Morgan fingerprint density at radius 3 is 2.48 bits per heavy atom. The Balaban J connectivity index is 2.17. The number of hydrogen-bond acceptors (Lipinski definition) is 4. The van der Waals surface area contributed by atoms with Crippen molar-refractivity contribution in [3.05, 3.63) is 29.8 Å². The van der Waals surface area contributed by atoms with Crippen molar-refractivity contribution in [3.8, 4) is 0 Å². The van der Waals surface area contributed by atoms with Crippen molar-refractivity contribution in [2.24, 2.45) is 0 Å². The van der Waals surface area contributed by atoms with E-state index in [1.807, 2.05) is 19.2 Å². The van der Waals surface area contributed by atoms with Crippen LogP contribution in [-0.2, 0) is 16.6 Å². The van der Waals surface area contributed by atoms with Crippen LogP contribution in [0.4, 0.5) is 0 Å². The van der Waals surface area contributed by atoms with Crippen molar-refractivity contribution < 1.29 is 8.42 Å². The lowest BCUT2D eigenvalue weighted by atomic mass is 10.1. The van der Waals surface area contributed by atoms with E-state index in [2.05, 4.69) is 24.2 Å². The number of nitrogens with zero attached hydrogens (tertiary/aromatic N) is 2. The number of nitrogens with one attached hydrogen (secondary N) is 1.